The lowest BCUT2D eigenvalue weighted by Crippen LogP contribution is -2.17. The second-order valence-corrected chi connectivity index (χ2v) is 3.67. The molecular weight excluding hydrogens is 204 g/mol. The fourth-order valence-corrected chi connectivity index (χ4v) is 1.33. The molecule has 0 saturated carbocycles. The van der Waals surface area contributed by atoms with Crippen molar-refractivity contribution < 1.29 is 4.74 Å². The van der Waals surface area contributed by atoms with Crippen LogP contribution in [0, 0.1) is 17.2 Å². The zero-order valence-corrected chi connectivity index (χ0v) is 9.53. The topological polar surface area (TPSA) is 84.0 Å². The van der Waals surface area contributed by atoms with Crippen molar-refractivity contribution in [3.05, 3.63) is 17.8 Å². The third kappa shape index (κ3) is 3.11. The minimum atomic E-state index is 0.358. The summed E-state index contributed by atoms with van der Waals surface area (Å²) < 4.78 is 5.02. The summed E-state index contributed by atoms with van der Waals surface area (Å²) in [4.78, 5) is 4.09. The average molecular weight is 220 g/mol. The van der Waals surface area contributed by atoms with Crippen LogP contribution in [0.25, 0.3) is 0 Å². The van der Waals surface area contributed by atoms with Gasteiger partial charge in [0.25, 0.3) is 0 Å². The van der Waals surface area contributed by atoms with Gasteiger partial charge in [-0.25, -0.2) is 4.98 Å². The molecular formula is C11H16N4O. The van der Waals surface area contributed by atoms with Gasteiger partial charge in [0.15, 0.2) is 5.82 Å². The standard InChI is InChI=1S/C11H16N4O/c1-8(7-16-2)6-15-11-10(13)9(5-12)3-4-14-11/h3-4,8H,6-7,13H2,1-2H3,(H,14,15). The second-order valence-electron chi connectivity index (χ2n) is 3.67. The molecule has 0 aliphatic rings. The van der Waals surface area contributed by atoms with Crippen LogP contribution in [0.3, 0.4) is 0 Å². The molecule has 3 N–H and O–H groups in total. The molecule has 1 heterocycles. The average Bonchev–Trinajstić information content (AvgIpc) is 2.28. The van der Waals surface area contributed by atoms with E-state index in [1.54, 1.807) is 19.4 Å². The van der Waals surface area contributed by atoms with Gasteiger partial charge in [0.05, 0.1) is 17.9 Å². The van der Waals surface area contributed by atoms with Gasteiger partial charge in [-0.15, -0.1) is 0 Å². The van der Waals surface area contributed by atoms with Gasteiger partial charge in [-0.3, -0.25) is 0 Å². The van der Waals surface area contributed by atoms with Gasteiger partial charge in [-0.1, -0.05) is 6.92 Å². The number of methoxy groups -OCH3 is 1. The zero-order chi connectivity index (χ0) is 12.0. The van der Waals surface area contributed by atoms with E-state index in [2.05, 4.69) is 17.2 Å². The smallest absolute Gasteiger partial charge is 0.150 e. The summed E-state index contributed by atoms with van der Waals surface area (Å²) in [5.41, 5.74) is 6.61. The van der Waals surface area contributed by atoms with Gasteiger partial charge in [-0.2, -0.15) is 5.26 Å². The molecule has 5 nitrogen and oxygen atoms in total. The van der Waals surface area contributed by atoms with Crippen LogP contribution in [0.5, 0.6) is 0 Å². The quantitative estimate of drug-likeness (QED) is 0.779. The largest absolute Gasteiger partial charge is 0.395 e. The first kappa shape index (κ1) is 12.3. The normalized spacial score (nSPS) is 11.8. The number of hydrogen-bond acceptors (Lipinski definition) is 5. The lowest BCUT2D eigenvalue weighted by molar-refractivity contribution is 0.164. The Morgan fingerprint density at radius 2 is 2.44 bits per heavy atom. The number of pyridine rings is 1. The summed E-state index contributed by atoms with van der Waals surface area (Å²) in [6.07, 6.45) is 1.57. The third-order valence-corrected chi connectivity index (χ3v) is 2.18. The van der Waals surface area contributed by atoms with Crippen molar-refractivity contribution in [2.24, 2.45) is 5.92 Å². The highest BCUT2D eigenvalue weighted by molar-refractivity contribution is 5.68. The van der Waals surface area contributed by atoms with Crippen LogP contribution in [0.2, 0.25) is 0 Å². The molecule has 0 bridgehead atoms. The Bertz CT molecular complexity index is 386. The van der Waals surface area contributed by atoms with Gasteiger partial charge in [0.1, 0.15) is 6.07 Å². The van der Waals surface area contributed by atoms with Crippen LogP contribution < -0.4 is 11.1 Å². The number of ether oxygens (including phenoxy) is 1. The summed E-state index contributed by atoms with van der Waals surface area (Å²) in [5.74, 6) is 0.916. The van der Waals surface area contributed by atoms with E-state index in [0.29, 0.717) is 36.1 Å². The molecule has 5 heteroatoms. The Balaban J connectivity index is 2.64. The van der Waals surface area contributed by atoms with Gasteiger partial charge in [0.2, 0.25) is 0 Å². The van der Waals surface area contributed by atoms with Crippen molar-refractivity contribution in [2.45, 2.75) is 6.92 Å². The van der Waals surface area contributed by atoms with Gasteiger partial charge < -0.3 is 15.8 Å². The van der Waals surface area contributed by atoms with E-state index in [1.807, 2.05) is 6.07 Å². The van der Waals surface area contributed by atoms with Crippen molar-refractivity contribution in [2.75, 3.05) is 31.3 Å². The van der Waals surface area contributed by atoms with Gasteiger partial charge >= 0.3 is 0 Å². The minimum absolute atomic E-state index is 0.358. The molecule has 1 atom stereocenters. The molecule has 0 amide bonds. The monoisotopic (exact) mass is 220 g/mol. The minimum Gasteiger partial charge on any atom is -0.395 e. The van der Waals surface area contributed by atoms with Crippen LogP contribution in [-0.4, -0.2) is 25.2 Å². The number of anilines is 2. The molecule has 0 aliphatic carbocycles. The predicted molar refractivity (Wildman–Crippen MR) is 62.9 cm³/mol. The van der Waals surface area contributed by atoms with Crippen molar-refractivity contribution in [1.29, 1.82) is 5.26 Å². The summed E-state index contributed by atoms with van der Waals surface area (Å²) in [6, 6.07) is 3.62. The first-order valence-corrected chi connectivity index (χ1v) is 5.06. The van der Waals surface area contributed by atoms with Crippen molar-refractivity contribution >= 4 is 11.5 Å². The first-order valence-electron chi connectivity index (χ1n) is 5.06. The number of aromatic nitrogens is 1. The maximum Gasteiger partial charge on any atom is 0.150 e. The molecule has 1 unspecified atom stereocenters. The number of nitrogens with one attached hydrogen (secondary N) is 1. The molecule has 1 aromatic rings. The van der Waals surface area contributed by atoms with Crippen LogP contribution in [0.1, 0.15) is 12.5 Å². The van der Waals surface area contributed by atoms with Crippen LogP contribution in [0.4, 0.5) is 11.5 Å². The SMILES string of the molecule is COCC(C)CNc1nccc(C#N)c1N. The van der Waals surface area contributed by atoms with Crippen LogP contribution >= 0.6 is 0 Å². The number of nitrogens with zero attached hydrogens (tertiary/aromatic N) is 2. The van der Waals surface area contributed by atoms with Crippen molar-refractivity contribution in [3.63, 3.8) is 0 Å². The van der Waals surface area contributed by atoms with E-state index >= 15 is 0 Å². The van der Waals surface area contributed by atoms with Gasteiger partial charge in [0, 0.05) is 19.9 Å². The van der Waals surface area contributed by atoms with Crippen molar-refractivity contribution in [3.8, 4) is 6.07 Å². The maximum atomic E-state index is 8.80. The van der Waals surface area contributed by atoms with E-state index in [1.165, 1.54) is 0 Å². The number of rotatable bonds is 5. The number of nitriles is 1. The Kier molecular flexibility index (Phi) is 4.55. The molecule has 0 aliphatic heterocycles. The number of nitrogen functional groups attached to an aromatic ring is 1. The first-order chi connectivity index (χ1) is 7.69. The highest BCUT2D eigenvalue weighted by Crippen LogP contribution is 2.19. The molecule has 86 valence electrons. The molecule has 1 aromatic heterocycles. The fraction of sp³-hybridized carbons (Fsp3) is 0.455. The highest BCUT2D eigenvalue weighted by atomic mass is 16.5. The molecule has 0 spiro atoms. The lowest BCUT2D eigenvalue weighted by Gasteiger charge is -2.13. The lowest BCUT2D eigenvalue weighted by atomic mass is 10.2. The fourth-order valence-electron chi connectivity index (χ4n) is 1.33. The molecule has 1 rings (SSSR count). The van der Waals surface area contributed by atoms with E-state index in [-0.39, 0.29) is 0 Å². The van der Waals surface area contributed by atoms with E-state index in [9.17, 15) is 0 Å². The molecule has 0 fully saturated rings. The molecule has 0 radical (unpaired) electrons. The molecule has 0 aromatic carbocycles. The Labute approximate surface area is 95.2 Å². The highest BCUT2D eigenvalue weighted by Gasteiger charge is 2.07. The molecule has 16 heavy (non-hydrogen) atoms. The van der Waals surface area contributed by atoms with Crippen LogP contribution in [0.15, 0.2) is 12.3 Å². The Morgan fingerprint density at radius 1 is 1.69 bits per heavy atom. The predicted octanol–water partition coefficient (Wildman–Crippen LogP) is 1.23. The molecule has 0 saturated heterocycles. The summed E-state index contributed by atoms with van der Waals surface area (Å²) in [7, 11) is 1.67. The maximum absolute atomic E-state index is 8.80. The van der Waals surface area contributed by atoms with E-state index < -0.39 is 0 Å². The Morgan fingerprint density at radius 3 is 3.06 bits per heavy atom. The number of nitrogens with two attached hydrogens (primary N) is 1. The van der Waals surface area contributed by atoms with Gasteiger partial charge in [-0.05, 0) is 12.0 Å². The third-order valence-electron chi connectivity index (χ3n) is 2.18. The van der Waals surface area contributed by atoms with E-state index in [4.69, 9.17) is 15.7 Å². The number of hydrogen-bond donors (Lipinski definition) is 2. The summed E-state index contributed by atoms with van der Waals surface area (Å²) in [6.45, 7) is 3.44. The zero-order valence-electron chi connectivity index (χ0n) is 9.53. The second kappa shape index (κ2) is 5.93. The van der Waals surface area contributed by atoms with Crippen LogP contribution in [-0.2, 0) is 4.74 Å². The summed E-state index contributed by atoms with van der Waals surface area (Å²) >= 11 is 0. The van der Waals surface area contributed by atoms with Crippen molar-refractivity contribution in [1.82, 2.24) is 4.98 Å². The van der Waals surface area contributed by atoms with E-state index in [0.717, 1.165) is 0 Å². The summed E-state index contributed by atoms with van der Waals surface area (Å²) in [5, 5.41) is 11.9. The Hall–Kier alpha value is -1.80.